The van der Waals surface area contributed by atoms with Crippen molar-refractivity contribution in [2.75, 3.05) is 6.54 Å². The Kier molecular flexibility index (Phi) is 4.37. The molecule has 1 nitrogen and oxygen atoms in total. The number of halogens is 2. The van der Waals surface area contributed by atoms with Gasteiger partial charge in [-0.15, -0.1) is 6.58 Å². The van der Waals surface area contributed by atoms with E-state index in [9.17, 15) is 0 Å². The van der Waals surface area contributed by atoms with Crippen molar-refractivity contribution >= 4 is 23.2 Å². The summed E-state index contributed by atoms with van der Waals surface area (Å²) in [6.07, 6.45) is 5.46. The van der Waals surface area contributed by atoms with Gasteiger partial charge in [0.15, 0.2) is 0 Å². The van der Waals surface area contributed by atoms with Crippen LogP contribution in [0.3, 0.4) is 0 Å². The molecule has 1 aromatic rings. The number of benzene rings is 1. The summed E-state index contributed by atoms with van der Waals surface area (Å²) in [4.78, 5) is 0. The summed E-state index contributed by atoms with van der Waals surface area (Å²) < 4.78 is 0. The third kappa shape index (κ3) is 3.50. The molecule has 0 heterocycles. The van der Waals surface area contributed by atoms with E-state index in [-0.39, 0.29) is 5.41 Å². The first-order valence-corrected chi connectivity index (χ1v) is 7.09. The fraction of sp³-hybridized carbons (Fsp3) is 0.467. The van der Waals surface area contributed by atoms with E-state index in [1.54, 1.807) is 0 Å². The van der Waals surface area contributed by atoms with Crippen molar-refractivity contribution in [1.29, 1.82) is 0 Å². The summed E-state index contributed by atoms with van der Waals surface area (Å²) in [5.41, 5.74) is 1.10. The van der Waals surface area contributed by atoms with Gasteiger partial charge in [0, 0.05) is 18.0 Å². The number of hydrogen-bond donors (Lipinski definition) is 1. The molecule has 18 heavy (non-hydrogen) atoms. The molecule has 1 saturated carbocycles. The molecule has 0 radical (unpaired) electrons. The smallest absolute Gasteiger partial charge is 0.0624 e. The highest BCUT2D eigenvalue weighted by atomic mass is 35.5. The van der Waals surface area contributed by atoms with Crippen LogP contribution in [-0.2, 0) is 6.42 Å². The molecule has 1 aromatic carbocycles. The van der Waals surface area contributed by atoms with Crippen LogP contribution in [0.15, 0.2) is 30.9 Å². The predicted octanol–water partition coefficient (Wildman–Crippen LogP) is 4.48. The molecular formula is C15H19Cl2N. The fourth-order valence-electron chi connectivity index (χ4n) is 1.99. The zero-order valence-electron chi connectivity index (χ0n) is 10.7. The van der Waals surface area contributed by atoms with Gasteiger partial charge in [-0.1, -0.05) is 48.3 Å². The van der Waals surface area contributed by atoms with Gasteiger partial charge in [-0.3, -0.25) is 0 Å². The minimum atomic E-state index is 0.0108. The van der Waals surface area contributed by atoms with Crippen molar-refractivity contribution in [3.63, 3.8) is 0 Å². The molecule has 3 heteroatoms. The molecule has 1 N–H and O–H groups in total. The van der Waals surface area contributed by atoms with Gasteiger partial charge in [-0.2, -0.15) is 0 Å². The lowest BCUT2D eigenvalue weighted by atomic mass is 9.83. The Morgan fingerprint density at radius 2 is 2.17 bits per heavy atom. The van der Waals surface area contributed by atoms with Gasteiger partial charge in [-0.25, -0.2) is 0 Å². The highest BCUT2D eigenvalue weighted by Gasteiger charge is 2.27. The lowest BCUT2D eigenvalue weighted by Crippen LogP contribution is -2.33. The summed E-state index contributed by atoms with van der Waals surface area (Å²) in [5, 5.41) is 4.84. The van der Waals surface area contributed by atoms with Crippen LogP contribution in [0.25, 0.3) is 0 Å². The van der Waals surface area contributed by atoms with E-state index in [4.69, 9.17) is 23.2 Å². The predicted molar refractivity (Wildman–Crippen MR) is 79.5 cm³/mol. The van der Waals surface area contributed by atoms with Crippen molar-refractivity contribution in [2.24, 2.45) is 5.41 Å². The normalized spacial score (nSPS) is 18.4. The summed E-state index contributed by atoms with van der Waals surface area (Å²) in [5.74, 6) is 0. The van der Waals surface area contributed by atoms with Crippen LogP contribution < -0.4 is 5.32 Å². The maximum atomic E-state index is 6.24. The molecule has 98 valence electrons. The van der Waals surface area contributed by atoms with Crippen molar-refractivity contribution in [3.05, 3.63) is 46.5 Å². The van der Waals surface area contributed by atoms with Gasteiger partial charge >= 0.3 is 0 Å². The first kappa shape index (κ1) is 13.9. The molecule has 1 fully saturated rings. The van der Waals surface area contributed by atoms with Gasteiger partial charge in [0.1, 0.15) is 0 Å². The number of rotatable bonds is 6. The van der Waals surface area contributed by atoms with Gasteiger partial charge in [0.25, 0.3) is 0 Å². The monoisotopic (exact) mass is 283 g/mol. The van der Waals surface area contributed by atoms with Crippen molar-refractivity contribution in [1.82, 2.24) is 5.32 Å². The topological polar surface area (TPSA) is 12.0 Å². The SMILES string of the molecule is C=CC(C)(CNC1CC1)Cc1cccc(Cl)c1Cl. The van der Waals surface area contributed by atoms with Crippen LogP contribution in [0, 0.1) is 5.41 Å². The van der Waals surface area contributed by atoms with Crippen LogP contribution in [0.2, 0.25) is 10.0 Å². The van der Waals surface area contributed by atoms with Gasteiger partial charge in [-0.05, 0) is 30.9 Å². The Balaban J connectivity index is 2.07. The Labute approximate surface area is 119 Å². The molecule has 0 amide bonds. The van der Waals surface area contributed by atoms with E-state index in [0.717, 1.165) is 18.5 Å². The second-order valence-electron chi connectivity index (χ2n) is 5.40. The summed E-state index contributed by atoms with van der Waals surface area (Å²) >= 11 is 12.3. The van der Waals surface area contributed by atoms with Crippen molar-refractivity contribution in [2.45, 2.75) is 32.2 Å². The summed E-state index contributed by atoms with van der Waals surface area (Å²) in [6, 6.07) is 6.51. The maximum absolute atomic E-state index is 6.24. The van der Waals surface area contributed by atoms with Crippen LogP contribution in [0.4, 0.5) is 0 Å². The fourth-order valence-corrected chi connectivity index (χ4v) is 2.38. The van der Waals surface area contributed by atoms with Crippen molar-refractivity contribution in [3.8, 4) is 0 Å². The first-order chi connectivity index (χ1) is 8.54. The van der Waals surface area contributed by atoms with E-state index >= 15 is 0 Å². The lowest BCUT2D eigenvalue weighted by Gasteiger charge is -2.27. The molecule has 0 aliphatic heterocycles. The highest BCUT2D eigenvalue weighted by molar-refractivity contribution is 6.42. The molecule has 0 spiro atoms. The molecule has 0 saturated heterocycles. The molecule has 1 unspecified atom stereocenters. The molecule has 1 aliphatic carbocycles. The maximum Gasteiger partial charge on any atom is 0.0624 e. The standard InChI is InChI=1S/C15H19Cl2N/c1-3-15(2,10-18-12-7-8-12)9-11-5-4-6-13(16)14(11)17/h3-6,12,18H,1,7-10H2,2H3. The van der Waals surface area contributed by atoms with Crippen LogP contribution >= 0.6 is 23.2 Å². The minimum absolute atomic E-state index is 0.0108. The van der Waals surface area contributed by atoms with Crippen LogP contribution in [-0.4, -0.2) is 12.6 Å². The van der Waals surface area contributed by atoms with Gasteiger partial charge in [0.2, 0.25) is 0 Å². The first-order valence-electron chi connectivity index (χ1n) is 6.34. The van der Waals surface area contributed by atoms with Crippen LogP contribution in [0.1, 0.15) is 25.3 Å². The zero-order valence-corrected chi connectivity index (χ0v) is 12.2. The average Bonchev–Trinajstić information content (AvgIpc) is 3.17. The third-order valence-electron chi connectivity index (χ3n) is 3.49. The molecule has 1 aliphatic rings. The second-order valence-corrected chi connectivity index (χ2v) is 6.19. The van der Waals surface area contributed by atoms with E-state index in [2.05, 4.69) is 18.8 Å². The highest BCUT2D eigenvalue weighted by Crippen LogP contribution is 2.32. The van der Waals surface area contributed by atoms with Gasteiger partial charge < -0.3 is 5.32 Å². The Morgan fingerprint density at radius 1 is 1.44 bits per heavy atom. The molecule has 1 atom stereocenters. The Hall–Kier alpha value is -0.500. The Bertz CT molecular complexity index is 440. The summed E-state index contributed by atoms with van der Waals surface area (Å²) in [7, 11) is 0. The lowest BCUT2D eigenvalue weighted by molar-refractivity contribution is 0.389. The van der Waals surface area contributed by atoms with E-state index in [1.807, 2.05) is 24.3 Å². The summed E-state index contributed by atoms with van der Waals surface area (Å²) in [6.45, 7) is 7.10. The quantitative estimate of drug-likeness (QED) is 0.759. The second kappa shape index (κ2) is 5.64. The van der Waals surface area contributed by atoms with E-state index < -0.39 is 0 Å². The Morgan fingerprint density at radius 3 is 2.78 bits per heavy atom. The molecule has 0 aromatic heterocycles. The molecule has 0 bridgehead atoms. The zero-order chi connectivity index (χ0) is 13.2. The van der Waals surface area contributed by atoms with Crippen molar-refractivity contribution < 1.29 is 0 Å². The minimum Gasteiger partial charge on any atom is -0.313 e. The molecular weight excluding hydrogens is 265 g/mol. The third-order valence-corrected chi connectivity index (χ3v) is 4.35. The number of nitrogens with one attached hydrogen (secondary N) is 1. The number of hydrogen-bond acceptors (Lipinski definition) is 1. The molecule has 2 rings (SSSR count). The van der Waals surface area contributed by atoms with E-state index in [0.29, 0.717) is 16.1 Å². The van der Waals surface area contributed by atoms with Crippen LogP contribution in [0.5, 0.6) is 0 Å². The van der Waals surface area contributed by atoms with E-state index in [1.165, 1.54) is 12.8 Å². The average molecular weight is 284 g/mol. The van der Waals surface area contributed by atoms with Gasteiger partial charge in [0.05, 0.1) is 10.0 Å². The largest absolute Gasteiger partial charge is 0.313 e.